The standard InChI is InChI=1S/C17H19ClN2O4S/c1-3-10-19-17(21)12-4-7-14(8-5-12)25(22,23)20-15-11-13(18)6-9-16(15)24-2/h4-9,11,20H,3,10H2,1-2H3,(H,19,21). The van der Waals surface area contributed by atoms with Gasteiger partial charge in [-0.3, -0.25) is 9.52 Å². The number of hydrogen-bond donors (Lipinski definition) is 2. The fourth-order valence-corrected chi connectivity index (χ4v) is 3.32. The molecule has 25 heavy (non-hydrogen) atoms. The Morgan fingerprint density at radius 2 is 1.84 bits per heavy atom. The highest BCUT2D eigenvalue weighted by Crippen LogP contribution is 2.29. The van der Waals surface area contributed by atoms with Crippen LogP contribution < -0.4 is 14.8 Å². The van der Waals surface area contributed by atoms with Crippen LogP contribution in [0.3, 0.4) is 0 Å². The fraction of sp³-hybridized carbons (Fsp3) is 0.235. The van der Waals surface area contributed by atoms with Gasteiger partial charge in [0.25, 0.3) is 15.9 Å². The van der Waals surface area contributed by atoms with Crippen LogP contribution in [0.1, 0.15) is 23.7 Å². The lowest BCUT2D eigenvalue weighted by Crippen LogP contribution is -2.24. The van der Waals surface area contributed by atoms with Crippen LogP contribution in [0.4, 0.5) is 5.69 Å². The summed E-state index contributed by atoms with van der Waals surface area (Å²) in [6.07, 6.45) is 0.823. The molecule has 2 aromatic carbocycles. The highest BCUT2D eigenvalue weighted by atomic mass is 35.5. The van der Waals surface area contributed by atoms with Crippen molar-refractivity contribution in [2.45, 2.75) is 18.2 Å². The lowest BCUT2D eigenvalue weighted by atomic mass is 10.2. The molecular formula is C17H19ClN2O4S. The summed E-state index contributed by atoms with van der Waals surface area (Å²) < 4.78 is 32.6. The van der Waals surface area contributed by atoms with Crippen molar-refractivity contribution in [3.63, 3.8) is 0 Å². The Labute approximate surface area is 152 Å². The van der Waals surface area contributed by atoms with Crippen molar-refractivity contribution in [3.8, 4) is 5.75 Å². The third-order valence-electron chi connectivity index (χ3n) is 3.37. The highest BCUT2D eigenvalue weighted by Gasteiger charge is 2.17. The Morgan fingerprint density at radius 3 is 2.44 bits per heavy atom. The van der Waals surface area contributed by atoms with Crippen LogP contribution in [-0.4, -0.2) is 28.0 Å². The number of carbonyl (C=O) groups excluding carboxylic acids is 1. The van der Waals surface area contributed by atoms with Gasteiger partial charge in [0.15, 0.2) is 0 Å². The maximum atomic E-state index is 12.5. The largest absolute Gasteiger partial charge is 0.495 e. The van der Waals surface area contributed by atoms with Crippen molar-refractivity contribution in [3.05, 3.63) is 53.1 Å². The van der Waals surface area contributed by atoms with Crippen LogP contribution in [-0.2, 0) is 10.0 Å². The van der Waals surface area contributed by atoms with E-state index in [0.29, 0.717) is 22.9 Å². The Morgan fingerprint density at radius 1 is 1.16 bits per heavy atom. The van der Waals surface area contributed by atoms with Gasteiger partial charge in [0.1, 0.15) is 5.75 Å². The van der Waals surface area contributed by atoms with Crippen LogP contribution in [0.25, 0.3) is 0 Å². The average Bonchev–Trinajstić information content (AvgIpc) is 2.59. The predicted octanol–water partition coefficient (Wildman–Crippen LogP) is 3.29. The van der Waals surface area contributed by atoms with E-state index in [0.717, 1.165) is 6.42 Å². The molecule has 0 atom stereocenters. The highest BCUT2D eigenvalue weighted by molar-refractivity contribution is 7.92. The minimum absolute atomic E-state index is 0.0292. The van der Waals surface area contributed by atoms with Crippen molar-refractivity contribution < 1.29 is 17.9 Å². The van der Waals surface area contributed by atoms with Gasteiger partial charge in [0, 0.05) is 17.1 Å². The molecule has 0 bridgehead atoms. The van der Waals surface area contributed by atoms with Crippen LogP contribution in [0, 0.1) is 0 Å². The Hall–Kier alpha value is -2.25. The lowest BCUT2D eigenvalue weighted by molar-refractivity contribution is 0.0953. The van der Waals surface area contributed by atoms with Crippen molar-refractivity contribution in [1.29, 1.82) is 0 Å². The van der Waals surface area contributed by atoms with Crippen molar-refractivity contribution >= 4 is 33.2 Å². The maximum absolute atomic E-state index is 12.5. The van der Waals surface area contributed by atoms with Crippen molar-refractivity contribution in [2.24, 2.45) is 0 Å². The minimum Gasteiger partial charge on any atom is -0.495 e. The van der Waals surface area contributed by atoms with Crippen LogP contribution in [0.2, 0.25) is 5.02 Å². The number of anilines is 1. The van der Waals surface area contributed by atoms with Gasteiger partial charge < -0.3 is 10.1 Å². The van der Waals surface area contributed by atoms with Gasteiger partial charge in [-0.25, -0.2) is 8.42 Å². The predicted molar refractivity (Wildman–Crippen MR) is 97.9 cm³/mol. The summed E-state index contributed by atoms with van der Waals surface area (Å²) in [6.45, 7) is 2.51. The van der Waals surface area contributed by atoms with E-state index in [1.54, 1.807) is 12.1 Å². The van der Waals surface area contributed by atoms with E-state index in [1.807, 2.05) is 6.92 Å². The molecule has 0 radical (unpaired) electrons. The smallest absolute Gasteiger partial charge is 0.262 e. The topological polar surface area (TPSA) is 84.5 Å². The molecule has 8 heteroatoms. The van der Waals surface area contributed by atoms with Crippen molar-refractivity contribution in [2.75, 3.05) is 18.4 Å². The molecule has 0 aliphatic rings. The van der Waals surface area contributed by atoms with Gasteiger partial charge in [0.2, 0.25) is 0 Å². The number of rotatable bonds is 7. The summed E-state index contributed by atoms with van der Waals surface area (Å²) in [7, 11) is -2.41. The third kappa shape index (κ3) is 4.87. The molecule has 1 amide bonds. The van der Waals surface area contributed by atoms with E-state index in [1.165, 1.54) is 37.4 Å². The molecule has 0 aromatic heterocycles. The molecule has 0 heterocycles. The van der Waals surface area contributed by atoms with E-state index >= 15 is 0 Å². The Bertz CT molecular complexity index is 851. The molecular weight excluding hydrogens is 364 g/mol. The van der Waals surface area contributed by atoms with Crippen LogP contribution >= 0.6 is 11.6 Å². The van der Waals surface area contributed by atoms with E-state index in [9.17, 15) is 13.2 Å². The summed E-state index contributed by atoms with van der Waals surface area (Å²) in [5.74, 6) is 0.110. The Kier molecular flexibility index (Phi) is 6.27. The molecule has 0 aliphatic heterocycles. The number of methoxy groups -OCH3 is 1. The molecule has 2 N–H and O–H groups in total. The fourth-order valence-electron chi connectivity index (χ4n) is 2.09. The van der Waals surface area contributed by atoms with Crippen LogP contribution in [0.15, 0.2) is 47.4 Å². The Balaban J connectivity index is 2.23. The molecule has 2 rings (SSSR count). The zero-order valence-corrected chi connectivity index (χ0v) is 15.4. The second-order valence-electron chi connectivity index (χ2n) is 5.23. The first-order chi connectivity index (χ1) is 11.9. The van der Waals surface area contributed by atoms with Crippen molar-refractivity contribution in [1.82, 2.24) is 5.32 Å². The molecule has 0 spiro atoms. The van der Waals surface area contributed by atoms with Gasteiger partial charge in [-0.1, -0.05) is 18.5 Å². The molecule has 0 aliphatic carbocycles. The first-order valence-corrected chi connectivity index (χ1v) is 9.48. The van der Waals surface area contributed by atoms with Gasteiger partial charge >= 0.3 is 0 Å². The monoisotopic (exact) mass is 382 g/mol. The number of ether oxygens (including phenoxy) is 1. The van der Waals surface area contributed by atoms with Crippen LogP contribution in [0.5, 0.6) is 5.75 Å². The lowest BCUT2D eigenvalue weighted by Gasteiger charge is -2.12. The number of nitrogens with one attached hydrogen (secondary N) is 2. The molecule has 0 saturated carbocycles. The average molecular weight is 383 g/mol. The minimum atomic E-state index is -3.84. The number of halogens is 1. The number of amides is 1. The first kappa shape index (κ1) is 19.1. The second-order valence-corrected chi connectivity index (χ2v) is 7.35. The quantitative estimate of drug-likeness (QED) is 0.769. The molecule has 6 nitrogen and oxygen atoms in total. The maximum Gasteiger partial charge on any atom is 0.262 e. The summed E-state index contributed by atoms with van der Waals surface area (Å²) >= 11 is 5.91. The second kappa shape index (κ2) is 8.22. The summed E-state index contributed by atoms with van der Waals surface area (Å²) in [5, 5.41) is 3.11. The SMILES string of the molecule is CCCNC(=O)c1ccc(S(=O)(=O)Nc2cc(Cl)ccc2OC)cc1. The zero-order chi connectivity index (χ0) is 18.4. The zero-order valence-electron chi connectivity index (χ0n) is 13.9. The van der Waals surface area contributed by atoms with E-state index in [-0.39, 0.29) is 16.5 Å². The van der Waals surface area contributed by atoms with Gasteiger partial charge in [-0.05, 0) is 48.9 Å². The van der Waals surface area contributed by atoms with E-state index < -0.39 is 10.0 Å². The summed E-state index contributed by atoms with van der Waals surface area (Å²) in [6, 6.07) is 10.3. The number of benzene rings is 2. The number of sulfonamides is 1. The first-order valence-electron chi connectivity index (χ1n) is 7.62. The van der Waals surface area contributed by atoms with Gasteiger partial charge in [-0.15, -0.1) is 0 Å². The number of hydrogen-bond acceptors (Lipinski definition) is 4. The summed E-state index contributed by atoms with van der Waals surface area (Å²) in [4.78, 5) is 11.9. The van der Waals surface area contributed by atoms with E-state index in [4.69, 9.17) is 16.3 Å². The normalized spacial score (nSPS) is 11.0. The molecule has 0 saturated heterocycles. The van der Waals surface area contributed by atoms with Gasteiger partial charge in [-0.2, -0.15) is 0 Å². The third-order valence-corrected chi connectivity index (χ3v) is 4.98. The molecule has 0 fully saturated rings. The molecule has 2 aromatic rings. The van der Waals surface area contributed by atoms with Gasteiger partial charge in [0.05, 0.1) is 17.7 Å². The summed E-state index contributed by atoms with van der Waals surface area (Å²) in [5.41, 5.74) is 0.632. The number of carbonyl (C=O) groups is 1. The van der Waals surface area contributed by atoms with E-state index in [2.05, 4.69) is 10.0 Å². The molecule has 134 valence electrons. The molecule has 0 unspecified atom stereocenters.